The van der Waals surface area contributed by atoms with E-state index in [-0.39, 0.29) is 29.6 Å². The van der Waals surface area contributed by atoms with E-state index in [0.29, 0.717) is 10.7 Å². The Morgan fingerprint density at radius 1 is 1.26 bits per heavy atom. The third-order valence-corrected chi connectivity index (χ3v) is 5.70. The van der Waals surface area contributed by atoms with Crippen LogP contribution in [0.5, 0.6) is 0 Å². The van der Waals surface area contributed by atoms with Crippen molar-refractivity contribution in [2.45, 2.75) is 45.6 Å². The van der Waals surface area contributed by atoms with Crippen molar-refractivity contribution in [1.82, 2.24) is 19.5 Å². The Hall–Kier alpha value is -3.13. The maximum absolute atomic E-state index is 13.4. The Bertz CT molecular complexity index is 1220. The minimum absolute atomic E-state index is 0.00569. The second-order valence-electron chi connectivity index (χ2n) is 7.64. The molecule has 1 fully saturated rings. The van der Waals surface area contributed by atoms with Crippen molar-refractivity contribution in [2.24, 2.45) is 0 Å². The van der Waals surface area contributed by atoms with Gasteiger partial charge in [0.15, 0.2) is 5.69 Å². The third kappa shape index (κ3) is 4.07. The highest BCUT2D eigenvalue weighted by Gasteiger charge is 2.24. The summed E-state index contributed by atoms with van der Waals surface area (Å²) in [5.74, 6) is -1.03. The first-order valence-corrected chi connectivity index (χ1v) is 10.7. The fraction of sp³-hybridized carbons (Fsp3) is 0.364. The summed E-state index contributed by atoms with van der Waals surface area (Å²) in [7, 11) is 0. The van der Waals surface area contributed by atoms with E-state index in [2.05, 4.69) is 10.4 Å². The van der Waals surface area contributed by atoms with Gasteiger partial charge in [-0.2, -0.15) is 5.10 Å². The molecule has 8 nitrogen and oxygen atoms in total. The highest BCUT2D eigenvalue weighted by Crippen LogP contribution is 2.23. The number of carbonyl (C=O) groups excluding carboxylic acids is 2. The molecule has 0 radical (unpaired) electrons. The van der Waals surface area contributed by atoms with E-state index >= 15 is 0 Å². The van der Waals surface area contributed by atoms with Gasteiger partial charge in [0.2, 0.25) is 0 Å². The van der Waals surface area contributed by atoms with Gasteiger partial charge in [0.05, 0.1) is 23.5 Å². The predicted molar refractivity (Wildman–Crippen MR) is 116 cm³/mol. The summed E-state index contributed by atoms with van der Waals surface area (Å²) in [6.07, 6.45) is 5.36. The van der Waals surface area contributed by atoms with Crippen LogP contribution in [-0.4, -0.2) is 38.7 Å². The van der Waals surface area contributed by atoms with Crippen molar-refractivity contribution in [3.8, 4) is 5.69 Å². The quantitative estimate of drug-likeness (QED) is 0.612. The minimum atomic E-state index is -0.637. The number of esters is 1. The van der Waals surface area contributed by atoms with Gasteiger partial charge < -0.3 is 10.1 Å². The summed E-state index contributed by atoms with van der Waals surface area (Å²) in [5, 5.41) is 7.50. The number of nitrogens with zero attached hydrogens (tertiary/aromatic N) is 3. The summed E-state index contributed by atoms with van der Waals surface area (Å²) in [4.78, 5) is 38.7. The van der Waals surface area contributed by atoms with Crippen LogP contribution in [0.15, 0.2) is 35.3 Å². The van der Waals surface area contributed by atoms with Crippen LogP contribution in [0.1, 0.15) is 59.1 Å². The van der Waals surface area contributed by atoms with E-state index in [1.54, 1.807) is 19.1 Å². The van der Waals surface area contributed by atoms with Gasteiger partial charge in [0, 0.05) is 12.1 Å². The van der Waals surface area contributed by atoms with E-state index in [0.717, 1.165) is 31.2 Å². The molecule has 0 bridgehead atoms. The van der Waals surface area contributed by atoms with Crippen molar-refractivity contribution < 1.29 is 14.3 Å². The van der Waals surface area contributed by atoms with Crippen molar-refractivity contribution in [2.75, 3.05) is 6.61 Å². The largest absolute Gasteiger partial charge is 0.461 e. The lowest BCUT2D eigenvalue weighted by atomic mass is 10.2. The first-order chi connectivity index (χ1) is 14.9. The zero-order valence-corrected chi connectivity index (χ0v) is 18.1. The number of carbonyl (C=O) groups is 2. The normalized spacial score (nSPS) is 14.2. The SMILES string of the molecule is CCOC(=O)c1cc2c(=O)n(-c3ccc(C)cc3Cl)c(C(=O)NC3CCCC3)cn2n1. The van der Waals surface area contributed by atoms with E-state index in [4.69, 9.17) is 16.3 Å². The Labute approximate surface area is 183 Å². The Balaban J connectivity index is 1.90. The maximum Gasteiger partial charge on any atom is 0.358 e. The first-order valence-electron chi connectivity index (χ1n) is 10.3. The van der Waals surface area contributed by atoms with E-state index in [1.807, 2.05) is 13.0 Å². The molecule has 162 valence electrons. The van der Waals surface area contributed by atoms with Gasteiger partial charge in [0.25, 0.3) is 11.5 Å². The molecular formula is C22H23ClN4O4. The molecule has 0 unspecified atom stereocenters. The van der Waals surface area contributed by atoms with Crippen LogP contribution in [0.25, 0.3) is 11.2 Å². The molecule has 3 aromatic rings. The van der Waals surface area contributed by atoms with Gasteiger partial charge in [0.1, 0.15) is 11.2 Å². The summed E-state index contributed by atoms with van der Waals surface area (Å²) in [6, 6.07) is 6.67. The average Bonchev–Trinajstić information content (AvgIpc) is 3.38. The maximum atomic E-state index is 13.4. The number of aryl methyl sites for hydroxylation is 1. The smallest absolute Gasteiger partial charge is 0.358 e. The van der Waals surface area contributed by atoms with Gasteiger partial charge in [-0.1, -0.05) is 30.5 Å². The second kappa shape index (κ2) is 8.55. The number of amides is 1. The summed E-state index contributed by atoms with van der Waals surface area (Å²) in [6.45, 7) is 3.76. The Morgan fingerprint density at radius 3 is 2.68 bits per heavy atom. The molecule has 0 aliphatic heterocycles. The third-order valence-electron chi connectivity index (χ3n) is 5.40. The van der Waals surface area contributed by atoms with Gasteiger partial charge >= 0.3 is 5.97 Å². The van der Waals surface area contributed by atoms with Gasteiger partial charge in [-0.25, -0.2) is 9.31 Å². The van der Waals surface area contributed by atoms with E-state index < -0.39 is 17.4 Å². The van der Waals surface area contributed by atoms with Crippen molar-refractivity contribution in [1.29, 1.82) is 0 Å². The molecule has 1 aromatic carbocycles. The van der Waals surface area contributed by atoms with Crippen LogP contribution in [0, 0.1) is 6.92 Å². The molecule has 2 heterocycles. The summed E-state index contributed by atoms with van der Waals surface area (Å²) < 4.78 is 7.51. The molecule has 1 saturated carbocycles. The van der Waals surface area contributed by atoms with Gasteiger partial charge in [-0.05, 0) is 44.4 Å². The Kier molecular flexibility index (Phi) is 5.82. The molecule has 0 saturated heterocycles. The number of ether oxygens (including phenoxy) is 1. The number of benzene rings is 1. The van der Waals surface area contributed by atoms with Crippen LogP contribution in [0.4, 0.5) is 0 Å². The Morgan fingerprint density at radius 2 is 2.00 bits per heavy atom. The second-order valence-corrected chi connectivity index (χ2v) is 8.05. The van der Waals surface area contributed by atoms with Crippen LogP contribution in [0.2, 0.25) is 5.02 Å². The zero-order chi connectivity index (χ0) is 22.1. The molecular weight excluding hydrogens is 420 g/mol. The number of hydrogen-bond acceptors (Lipinski definition) is 5. The highest BCUT2D eigenvalue weighted by molar-refractivity contribution is 6.32. The lowest BCUT2D eigenvalue weighted by Gasteiger charge is -2.17. The number of hydrogen-bond donors (Lipinski definition) is 1. The number of nitrogens with one attached hydrogen (secondary N) is 1. The van der Waals surface area contributed by atoms with Crippen LogP contribution in [-0.2, 0) is 4.74 Å². The molecule has 4 rings (SSSR count). The predicted octanol–water partition coefficient (Wildman–Crippen LogP) is 3.30. The van der Waals surface area contributed by atoms with Crippen molar-refractivity contribution >= 4 is 29.0 Å². The first kappa shape index (κ1) is 21.1. The molecule has 1 amide bonds. The van der Waals surface area contributed by atoms with Gasteiger partial charge in [-0.3, -0.25) is 14.2 Å². The topological polar surface area (TPSA) is 94.7 Å². The lowest BCUT2D eigenvalue weighted by Crippen LogP contribution is -2.37. The minimum Gasteiger partial charge on any atom is -0.461 e. The fourth-order valence-electron chi connectivity index (χ4n) is 3.88. The lowest BCUT2D eigenvalue weighted by molar-refractivity contribution is 0.0519. The number of fused-ring (bicyclic) bond motifs is 1. The fourth-order valence-corrected chi connectivity index (χ4v) is 4.20. The number of aromatic nitrogens is 3. The molecule has 9 heteroatoms. The molecule has 2 aromatic heterocycles. The molecule has 1 aliphatic rings. The summed E-state index contributed by atoms with van der Waals surface area (Å²) >= 11 is 6.44. The number of halogens is 1. The monoisotopic (exact) mass is 442 g/mol. The standard InChI is InChI=1S/C22H23ClN4O4/c1-3-31-22(30)16-11-18-21(29)27(17-9-8-13(2)10-15(17)23)19(12-26(18)25-16)20(28)24-14-6-4-5-7-14/h8-12,14H,3-7H2,1-2H3,(H,24,28). The van der Waals surface area contributed by atoms with E-state index in [9.17, 15) is 14.4 Å². The van der Waals surface area contributed by atoms with E-state index in [1.165, 1.54) is 21.3 Å². The van der Waals surface area contributed by atoms with Crippen molar-refractivity contribution in [3.05, 3.63) is 62.8 Å². The van der Waals surface area contributed by atoms with Crippen molar-refractivity contribution in [3.63, 3.8) is 0 Å². The molecule has 0 spiro atoms. The average molecular weight is 443 g/mol. The molecule has 1 aliphatic carbocycles. The summed E-state index contributed by atoms with van der Waals surface area (Å²) in [5.41, 5.74) is 1.02. The molecule has 0 atom stereocenters. The van der Waals surface area contributed by atoms with Crippen LogP contribution >= 0.6 is 11.6 Å². The zero-order valence-electron chi connectivity index (χ0n) is 17.4. The number of rotatable bonds is 5. The highest BCUT2D eigenvalue weighted by atomic mass is 35.5. The van der Waals surface area contributed by atoms with Gasteiger partial charge in [-0.15, -0.1) is 0 Å². The van der Waals surface area contributed by atoms with Crippen LogP contribution < -0.4 is 10.9 Å². The van der Waals surface area contributed by atoms with Crippen LogP contribution in [0.3, 0.4) is 0 Å². The molecule has 31 heavy (non-hydrogen) atoms. The molecule has 1 N–H and O–H groups in total.